The van der Waals surface area contributed by atoms with Crippen LogP contribution in [0.4, 0.5) is 0 Å². The highest BCUT2D eigenvalue weighted by molar-refractivity contribution is 4.96. The van der Waals surface area contributed by atoms with Crippen LogP contribution in [0.5, 0.6) is 0 Å². The zero-order valence-corrected chi connectivity index (χ0v) is 11.6. The summed E-state index contributed by atoms with van der Waals surface area (Å²) in [5.41, 5.74) is 1.65. The second-order valence-electron chi connectivity index (χ2n) is 5.88. The molecule has 0 spiro atoms. The summed E-state index contributed by atoms with van der Waals surface area (Å²) in [5, 5.41) is 0. The van der Waals surface area contributed by atoms with Crippen molar-refractivity contribution in [3.8, 4) is 0 Å². The molecular formula is C14H28O. The summed E-state index contributed by atoms with van der Waals surface area (Å²) in [6.07, 6.45) is 4.41. The van der Waals surface area contributed by atoms with E-state index in [9.17, 15) is 0 Å². The quantitative estimate of drug-likeness (QED) is 0.586. The third-order valence-electron chi connectivity index (χ3n) is 3.04. The number of rotatable bonds is 6. The molecule has 0 aliphatic carbocycles. The van der Waals surface area contributed by atoms with Crippen LogP contribution in [-0.2, 0) is 4.74 Å². The zero-order valence-electron chi connectivity index (χ0n) is 11.6. The van der Waals surface area contributed by atoms with E-state index in [4.69, 9.17) is 4.74 Å². The van der Waals surface area contributed by atoms with Gasteiger partial charge in [-0.2, -0.15) is 0 Å². The zero-order chi connectivity index (χ0) is 12.1. The minimum atomic E-state index is -0.0240. The molecule has 0 amide bonds. The molecule has 0 aliphatic rings. The second-order valence-corrected chi connectivity index (χ2v) is 5.88. The Morgan fingerprint density at radius 2 is 1.73 bits per heavy atom. The van der Waals surface area contributed by atoms with Crippen LogP contribution in [0, 0.1) is 5.41 Å². The first kappa shape index (κ1) is 14.7. The summed E-state index contributed by atoms with van der Waals surface area (Å²) < 4.78 is 5.95. The van der Waals surface area contributed by atoms with Gasteiger partial charge in [-0.25, -0.2) is 0 Å². The normalized spacial score (nSPS) is 14.5. The van der Waals surface area contributed by atoms with Gasteiger partial charge in [-0.1, -0.05) is 38.8 Å². The van der Waals surface area contributed by atoms with Gasteiger partial charge in [0.25, 0.3) is 0 Å². The molecule has 0 saturated carbocycles. The van der Waals surface area contributed by atoms with Crippen molar-refractivity contribution < 1.29 is 4.74 Å². The van der Waals surface area contributed by atoms with Crippen LogP contribution in [-0.4, -0.2) is 12.2 Å². The van der Waals surface area contributed by atoms with Crippen LogP contribution < -0.4 is 0 Å². The molecule has 1 nitrogen and oxygen atoms in total. The minimum Gasteiger partial charge on any atom is -0.371 e. The first-order valence-corrected chi connectivity index (χ1v) is 5.98. The predicted molar refractivity (Wildman–Crippen MR) is 68.2 cm³/mol. The Morgan fingerprint density at radius 1 is 1.20 bits per heavy atom. The van der Waals surface area contributed by atoms with E-state index in [2.05, 4.69) is 54.5 Å². The van der Waals surface area contributed by atoms with Crippen LogP contribution in [0.2, 0.25) is 0 Å². The monoisotopic (exact) mass is 212 g/mol. The second kappa shape index (κ2) is 5.69. The fourth-order valence-electron chi connectivity index (χ4n) is 1.72. The van der Waals surface area contributed by atoms with Crippen molar-refractivity contribution in [2.75, 3.05) is 6.61 Å². The molecule has 0 aromatic carbocycles. The smallest absolute Gasteiger partial charge is 0.0681 e. The Labute approximate surface area is 95.9 Å². The molecule has 0 radical (unpaired) electrons. The molecule has 0 atom stereocenters. The Balaban J connectivity index is 4.19. The van der Waals surface area contributed by atoms with Gasteiger partial charge in [0.2, 0.25) is 0 Å². The summed E-state index contributed by atoms with van der Waals surface area (Å²) in [7, 11) is 0. The van der Waals surface area contributed by atoms with E-state index in [-0.39, 0.29) is 5.60 Å². The first-order valence-electron chi connectivity index (χ1n) is 5.98. The average Bonchev–Trinajstić information content (AvgIpc) is 2.13. The van der Waals surface area contributed by atoms with Crippen LogP contribution in [0.3, 0.4) is 0 Å². The van der Waals surface area contributed by atoms with Gasteiger partial charge in [-0.05, 0) is 39.5 Å². The van der Waals surface area contributed by atoms with Crippen molar-refractivity contribution in [2.24, 2.45) is 5.41 Å². The summed E-state index contributed by atoms with van der Waals surface area (Å²) in [6, 6.07) is 0. The van der Waals surface area contributed by atoms with Gasteiger partial charge in [0.15, 0.2) is 0 Å². The number of allylic oxidation sites excluding steroid dienone is 1. The summed E-state index contributed by atoms with van der Waals surface area (Å²) in [6.45, 7) is 16.2. The lowest BCUT2D eigenvalue weighted by atomic mass is 9.80. The van der Waals surface area contributed by atoms with Crippen LogP contribution in [0.25, 0.3) is 0 Å². The molecule has 0 N–H and O–H groups in total. The maximum atomic E-state index is 5.95. The molecule has 15 heavy (non-hydrogen) atoms. The van der Waals surface area contributed by atoms with Gasteiger partial charge in [-0.3, -0.25) is 0 Å². The Kier molecular flexibility index (Phi) is 5.58. The van der Waals surface area contributed by atoms with Crippen molar-refractivity contribution in [1.82, 2.24) is 0 Å². The SMILES string of the molecule is C/C=C(\C)COC(C)(C)CC(C)(C)CC. The van der Waals surface area contributed by atoms with E-state index < -0.39 is 0 Å². The van der Waals surface area contributed by atoms with Crippen molar-refractivity contribution in [3.63, 3.8) is 0 Å². The van der Waals surface area contributed by atoms with Gasteiger partial charge in [0.1, 0.15) is 0 Å². The summed E-state index contributed by atoms with van der Waals surface area (Å²) >= 11 is 0. The van der Waals surface area contributed by atoms with Gasteiger partial charge in [-0.15, -0.1) is 0 Å². The molecule has 0 rings (SSSR count). The molecule has 1 heteroatoms. The van der Waals surface area contributed by atoms with Gasteiger partial charge >= 0.3 is 0 Å². The minimum absolute atomic E-state index is 0.0240. The molecule has 0 aromatic heterocycles. The topological polar surface area (TPSA) is 9.23 Å². The van der Waals surface area contributed by atoms with Crippen LogP contribution >= 0.6 is 0 Å². The summed E-state index contributed by atoms with van der Waals surface area (Å²) in [4.78, 5) is 0. The lowest BCUT2D eigenvalue weighted by molar-refractivity contribution is -0.0357. The molecule has 0 heterocycles. The Hall–Kier alpha value is -0.300. The van der Waals surface area contributed by atoms with Crippen molar-refractivity contribution in [3.05, 3.63) is 11.6 Å². The van der Waals surface area contributed by atoms with E-state index in [1.807, 2.05) is 0 Å². The molecular weight excluding hydrogens is 184 g/mol. The van der Waals surface area contributed by atoms with Gasteiger partial charge < -0.3 is 4.74 Å². The third-order valence-corrected chi connectivity index (χ3v) is 3.04. The molecule has 0 fully saturated rings. The van der Waals surface area contributed by atoms with Crippen LogP contribution in [0.15, 0.2) is 11.6 Å². The fourth-order valence-corrected chi connectivity index (χ4v) is 1.72. The predicted octanol–water partition coefficient (Wildman–Crippen LogP) is 4.57. The third kappa shape index (κ3) is 6.72. The van der Waals surface area contributed by atoms with E-state index in [0.717, 1.165) is 13.0 Å². The average molecular weight is 212 g/mol. The number of ether oxygens (including phenoxy) is 1. The van der Waals surface area contributed by atoms with Crippen molar-refractivity contribution in [2.45, 2.75) is 66.9 Å². The Bertz CT molecular complexity index is 211. The van der Waals surface area contributed by atoms with E-state index >= 15 is 0 Å². The standard InChI is InChI=1S/C14H28O/c1-8-12(3)10-15-14(6,7)11-13(4,5)9-2/h8H,9-11H2,1-7H3/b12-8+. The highest BCUT2D eigenvalue weighted by atomic mass is 16.5. The highest BCUT2D eigenvalue weighted by Crippen LogP contribution is 2.32. The molecule has 0 saturated heterocycles. The van der Waals surface area contributed by atoms with E-state index in [1.54, 1.807) is 0 Å². The fraction of sp³-hybridized carbons (Fsp3) is 0.857. The van der Waals surface area contributed by atoms with Crippen molar-refractivity contribution >= 4 is 0 Å². The van der Waals surface area contributed by atoms with E-state index in [1.165, 1.54) is 12.0 Å². The largest absolute Gasteiger partial charge is 0.371 e. The van der Waals surface area contributed by atoms with E-state index in [0.29, 0.717) is 5.41 Å². The summed E-state index contributed by atoms with van der Waals surface area (Å²) in [5.74, 6) is 0. The van der Waals surface area contributed by atoms with Crippen molar-refractivity contribution in [1.29, 1.82) is 0 Å². The molecule has 0 unspecified atom stereocenters. The molecule has 90 valence electrons. The lowest BCUT2D eigenvalue weighted by Gasteiger charge is -2.34. The first-order chi connectivity index (χ1) is 6.72. The Morgan fingerprint density at radius 3 is 2.13 bits per heavy atom. The van der Waals surface area contributed by atoms with Gasteiger partial charge in [0.05, 0.1) is 12.2 Å². The maximum absolute atomic E-state index is 5.95. The number of hydrogen-bond donors (Lipinski definition) is 0. The number of hydrogen-bond acceptors (Lipinski definition) is 1. The molecule has 0 aromatic rings. The van der Waals surface area contributed by atoms with Gasteiger partial charge in [0, 0.05) is 0 Å². The highest BCUT2D eigenvalue weighted by Gasteiger charge is 2.28. The molecule has 0 aliphatic heterocycles. The lowest BCUT2D eigenvalue weighted by Crippen LogP contribution is -2.31. The maximum Gasteiger partial charge on any atom is 0.0681 e. The molecule has 0 bridgehead atoms. The van der Waals surface area contributed by atoms with Crippen LogP contribution in [0.1, 0.15) is 61.3 Å².